The molecule has 1 fully saturated rings. The van der Waals surface area contributed by atoms with Crippen LogP contribution in [-0.2, 0) is 0 Å². The van der Waals surface area contributed by atoms with E-state index in [-0.39, 0.29) is 12.1 Å². The quantitative estimate of drug-likeness (QED) is 0.695. The Labute approximate surface area is 165 Å². The second-order valence-electron chi connectivity index (χ2n) is 6.56. The van der Waals surface area contributed by atoms with Crippen molar-refractivity contribution in [2.24, 2.45) is 0 Å². The lowest BCUT2D eigenvalue weighted by Crippen LogP contribution is -2.38. The van der Waals surface area contributed by atoms with Gasteiger partial charge in [0.05, 0.1) is 13.2 Å². The molecule has 27 heavy (non-hydrogen) atoms. The molecule has 1 unspecified atom stereocenters. The zero-order valence-corrected chi connectivity index (χ0v) is 16.7. The number of methoxy groups -OCH3 is 1. The topological polar surface area (TPSA) is 53.6 Å². The van der Waals surface area contributed by atoms with E-state index in [2.05, 4.69) is 21.6 Å². The molecule has 2 aromatic carbocycles. The summed E-state index contributed by atoms with van der Waals surface area (Å²) in [6.07, 6.45) is 4.42. The van der Waals surface area contributed by atoms with Gasteiger partial charge in [-0.05, 0) is 62.5 Å². The number of para-hydroxylation sites is 1. The molecular formula is C21H27N3O2S. The molecule has 0 bridgehead atoms. The zero-order chi connectivity index (χ0) is 19.1. The highest BCUT2D eigenvalue weighted by Gasteiger charge is 2.26. The normalized spacial score (nSPS) is 15.3. The summed E-state index contributed by atoms with van der Waals surface area (Å²) in [5.74, 6) is 0.865. The molecule has 2 N–H and O–H groups in total. The maximum Gasteiger partial charge on any atom is 0.319 e. The van der Waals surface area contributed by atoms with E-state index in [1.807, 2.05) is 48.7 Å². The number of ether oxygens (including phenoxy) is 1. The number of amides is 2. The lowest BCUT2D eigenvalue weighted by atomic mass is 10.0. The standard InChI is InChI=1S/C21H27N3O2S/c1-26-20-8-4-3-7-18(20)19(24-13-5-6-14-24)15-22-21(25)23-16-9-11-17(27-2)12-10-16/h3-4,7-12,19H,5-6,13-15H2,1-2H3,(H2,22,23,25). The third-order valence-corrected chi connectivity index (χ3v) is 5.63. The van der Waals surface area contributed by atoms with Crippen molar-refractivity contribution in [3.8, 4) is 5.75 Å². The monoisotopic (exact) mass is 385 g/mol. The van der Waals surface area contributed by atoms with Crippen molar-refractivity contribution < 1.29 is 9.53 Å². The number of likely N-dealkylation sites (tertiary alicyclic amines) is 1. The van der Waals surface area contributed by atoms with Gasteiger partial charge in [-0.2, -0.15) is 0 Å². The molecular weight excluding hydrogens is 358 g/mol. The molecule has 144 valence electrons. The zero-order valence-electron chi connectivity index (χ0n) is 15.9. The van der Waals surface area contributed by atoms with E-state index >= 15 is 0 Å². The largest absolute Gasteiger partial charge is 0.496 e. The highest BCUT2D eigenvalue weighted by molar-refractivity contribution is 7.98. The minimum absolute atomic E-state index is 0.105. The molecule has 0 radical (unpaired) electrons. The molecule has 0 spiro atoms. The van der Waals surface area contributed by atoms with Gasteiger partial charge in [-0.25, -0.2) is 4.79 Å². The number of rotatable bonds is 7. The Morgan fingerprint density at radius 2 is 1.85 bits per heavy atom. The van der Waals surface area contributed by atoms with Crippen molar-refractivity contribution in [2.75, 3.05) is 38.3 Å². The number of thioether (sulfide) groups is 1. The summed E-state index contributed by atoms with van der Waals surface area (Å²) >= 11 is 1.68. The van der Waals surface area contributed by atoms with Gasteiger partial charge < -0.3 is 15.4 Å². The molecule has 1 heterocycles. The van der Waals surface area contributed by atoms with E-state index in [9.17, 15) is 4.79 Å². The second kappa shape index (κ2) is 9.67. The number of carbonyl (C=O) groups excluding carboxylic acids is 1. The number of hydrogen-bond donors (Lipinski definition) is 2. The number of carbonyl (C=O) groups is 1. The number of nitrogens with zero attached hydrogens (tertiary/aromatic N) is 1. The Kier molecular flexibility index (Phi) is 7.01. The number of hydrogen-bond acceptors (Lipinski definition) is 4. The van der Waals surface area contributed by atoms with Gasteiger partial charge in [0.15, 0.2) is 0 Å². The summed E-state index contributed by atoms with van der Waals surface area (Å²) in [7, 11) is 1.69. The molecule has 2 amide bonds. The Morgan fingerprint density at radius 3 is 2.52 bits per heavy atom. The molecule has 1 aliphatic rings. The van der Waals surface area contributed by atoms with Gasteiger partial charge in [0, 0.05) is 22.7 Å². The van der Waals surface area contributed by atoms with Crippen LogP contribution >= 0.6 is 11.8 Å². The fourth-order valence-electron chi connectivity index (χ4n) is 3.47. The summed E-state index contributed by atoms with van der Waals surface area (Å²) in [6, 6.07) is 15.8. The second-order valence-corrected chi connectivity index (χ2v) is 7.44. The third kappa shape index (κ3) is 5.17. The van der Waals surface area contributed by atoms with Gasteiger partial charge in [-0.3, -0.25) is 4.90 Å². The molecule has 0 aromatic heterocycles. The van der Waals surface area contributed by atoms with Crippen molar-refractivity contribution in [2.45, 2.75) is 23.8 Å². The summed E-state index contributed by atoms with van der Waals surface area (Å²) < 4.78 is 5.55. The smallest absolute Gasteiger partial charge is 0.319 e. The fraction of sp³-hybridized carbons (Fsp3) is 0.381. The maximum atomic E-state index is 12.4. The van der Waals surface area contributed by atoms with Crippen molar-refractivity contribution in [1.82, 2.24) is 10.2 Å². The van der Waals surface area contributed by atoms with Crippen molar-refractivity contribution in [3.63, 3.8) is 0 Å². The van der Waals surface area contributed by atoms with Crippen LogP contribution in [0.25, 0.3) is 0 Å². The molecule has 1 atom stereocenters. The summed E-state index contributed by atoms with van der Waals surface area (Å²) in [5.41, 5.74) is 1.91. The van der Waals surface area contributed by atoms with Crippen LogP contribution in [0.1, 0.15) is 24.4 Å². The van der Waals surface area contributed by atoms with E-state index in [0.29, 0.717) is 6.54 Å². The van der Waals surface area contributed by atoms with Gasteiger partial charge in [-0.15, -0.1) is 11.8 Å². The van der Waals surface area contributed by atoms with Gasteiger partial charge >= 0.3 is 6.03 Å². The molecule has 1 saturated heterocycles. The lowest BCUT2D eigenvalue weighted by Gasteiger charge is -2.29. The molecule has 1 aliphatic heterocycles. The molecule has 3 rings (SSSR count). The molecule has 0 aliphatic carbocycles. The molecule has 6 heteroatoms. The first-order valence-electron chi connectivity index (χ1n) is 9.27. The third-order valence-electron chi connectivity index (χ3n) is 4.88. The summed E-state index contributed by atoms with van der Waals surface area (Å²) in [5, 5.41) is 5.94. The van der Waals surface area contributed by atoms with Crippen LogP contribution < -0.4 is 15.4 Å². The van der Waals surface area contributed by atoms with Gasteiger partial charge in [0.25, 0.3) is 0 Å². The van der Waals surface area contributed by atoms with Crippen LogP contribution in [0, 0.1) is 0 Å². The Balaban J connectivity index is 1.66. The van der Waals surface area contributed by atoms with Crippen molar-refractivity contribution in [3.05, 3.63) is 54.1 Å². The van der Waals surface area contributed by atoms with E-state index < -0.39 is 0 Å². The first-order valence-corrected chi connectivity index (χ1v) is 10.5. The predicted molar refractivity (Wildman–Crippen MR) is 112 cm³/mol. The van der Waals surface area contributed by atoms with E-state index in [1.54, 1.807) is 18.9 Å². The molecule has 2 aromatic rings. The van der Waals surface area contributed by atoms with Crippen LogP contribution in [-0.4, -0.2) is 43.9 Å². The van der Waals surface area contributed by atoms with Gasteiger partial charge in [0.2, 0.25) is 0 Å². The van der Waals surface area contributed by atoms with Crippen LogP contribution in [0.15, 0.2) is 53.4 Å². The van der Waals surface area contributed by atoms with Crippen LogP contribution in [0.2, 0.25) is 0 Å². The van der Waals surface area contributed by atoms with E-state index in [0.717, 1.165) is 30.1 Å². The highest BCUT2D eigenvalue weighted by Crippen LogP contribution is 2.31. The number of nitrogens with one attached hydrogen (secondary N) is 2. The number of urea groups is 1. The first kappa shape index (κ1) is 19.6. The van der Waals surface area contributed by atoms with Gasteiger partial charge in [0.1, 0.15) is 5.75 Å². The minimum atomic E-state index is -0.189. The highest BCUT2D eigenvalue weighted by atomic mass is 32.2. The summed E-state index contributed by atoms with van der Waals surface area (Å²) in [6.45, 7) is 2.62. The van der Waals surface area contributed by atoms with E-state index in [4.69, 9.17) is 4.74 Å². The first-order chi connectivity index (χ1) is 13.2. The minimum Gasteiger partial charge on any atom is -0.496 e. The Hall–Kier alpha value is -2.18. The summed E-state index contributed by atoms with van der Waals surface area (Å²) in [4.78, 5) is 16.0. The maximum absolute atomic E-state index is 12.4. The predicted octanol–water partition coefficient (Wildman–Crippen LogP) is 4.38. The van der Waals surface area contributed by atoms with Gasteiger partial charge in [-0.1, -0.05) is 18.2 Å². The van der Waals surface area contributed by atoms with Crippen LogP contribution in [0.3, 0.4) is 0 Å². The van der Waals surface area contributed by atoms with Crippen molar-refractivity contribution in [1.29, 1.82) is 0 Å². The fourth-order valence-corrected chi connectivity index (χ4v) is 3.88. The molecule has 5 nitrogen and oxygen atoms in total. The van der Waals surface area contributed by atoms with Crippen molar-refractivity contribution >= 4 is 23.5 Å². The number of anilines is 1. The van der Waals surface area contributed by atoms with Crippen LogP contribution in [0.5, 0.6) is 5.75 Å². The number of benzene rings is 2. The lowest BCUT2D eigenvalue weighted by molar-refractivity contribution is 0.224. The average molecular weight is 386 g/mol. The SMILES string of the molecule is COc1ccccc1C(CNC(=O)Nc1ccc(SC)cc1)N1CCCC1. The average Bonchev–Trinajstić information content (AvgIpc) is 3.23. The Bertz CT molecular complexity index is 745. The van der Waals surface area contributed by atoms with Crippen LogP contribution in [0.4, 0.5) is 10.5 Å². The Morgan fingerprint density at radius 1 is 1.15 bits per heavy atom. The molecule has 0 saturated carbocycles. The van der Waals surface area contributed by atoms with E-state index in [1.165, 1.54) is 17.7 Å².